The third-order valence-corrected chi connectivity index (χ3v) is 2.88. The highest BCUT2D eigenvalue weighted by atomic mass is 32.2. The van der Waals surface area contributed by atoms with E-state index in [2.05, 4.69) is 4.52 Å². The predicted octanol–water partition coefficient (Wildman–Crippen LogP) is 1.49. The second-order valence-electron chi connectivity index (χ2n) is 3.09. The number of carbonyl (C=O) groups is 1. The first kappa shape index (κ1) is 13.0. The van der Waals surface area contributed by atoms with Crippen LogP contribution in [-0.2, 0) is 13.9 Å². The molecule has 4 nitrogen and oxygen atoms in total. The summed E-state index contributed by atoms with van der Waals surface area (Å²) in [6, 6.07) is 0. The van der Waals surface area contributed by atoms with Gasteiger partial charge in [-0.2, -0.15) is 0 Å². The molecule has 0 atom stereocenters. The molecule has 0 heterocycles. The third-order valence-electron chi connectivity index (χ3n) is 1.41. The van der Waals surface area contributed by atoms with Crippen molar-refractivity contribution in [2.45, 2.75) is 13.8 Å². The summed E-state index contributed by atoms with van der Waals surface area (Å²) in [7, 11) is -0.367. The largest absolute Gasteiger partial charge is 0.395 e. The van der Waals surface area contributed by atoms with Gasteiger partial charge in [-0.3, -0.25) is 9.32 Å². The molecule has 0 fully saturated rings. The van der Waals surface area contributed by atoms with Gasteiger partial charge in [0.05, 0.1) is 18.6 Å². The zero-order chi connectivity index (χ0) is 10.3. The van der Waals surface area contributed by atoms with Crippen LogP contribution >= 0.6 is 20.4 Å². The van der Waals surface area contributed by atoms with Crippen molar-refractivity contribution < 1.29 is 19.0 Å². The van der Waals surface area contributed by atoms with Gasteiger partial charge in [0.25, 0.3) is 0 Å². The SMILES string of the molecule is CC(C)(CO)C(=O)SCCOP=O. The molecule has 0 amide bonds. The highest BCUT2D eigenvalue weighted by molar-refractivity contribution is 8.13. The lowest BCUT2D eigenvalue weighted by Gasteiger charge is -2.18. The molecule has 6 heteroatoms. The maximum atomic E-state index is 11.3. The van der Waals surface area contributed by atoms with Crippen molar-refractivity contribution in [1.29, 1.82) is 0 Å². The van der Waals surface area contributed by atoms with Gasteiger partial charge in [-0.1, -0.05) is 11.8 Å². The number of aliphatic hydroxyl groups is 1. The Hall–Kier alpha value is 0.0400. The topological polar surface area (TPSA) is 63.6 Å². The number of carbonyl (C=O) groups excluding carboxylic acids is 1. The highest BCUT2D eigenvalue weighted by Gasteiger charge is 2.26. The van der Waals surface area contributed by atoms with Gasteiger partial charge in [0, 0.05) is 5.75 Å². The molecule has 0 saturated heterocycles. The molecule has 0 aliphatic rings. The van der Waals surface area contributed by atoms with Crippen LogP contribution in [-0.4, -0.2) is 29.2 Å². The van der Waals surface area contributed by atoms with E-state index < -0.39 is 5.41 Å². The Labute approximate surface area is 83.3 Å². The summed E-state index contributed by atoms with van der Waals surface area (Å²) in [5.41, 5.74) is -0.708. The molecule has 0 rings (SSSR count). The van der Waals surface area contributed by atoms with Gasteiger partial charge in [-0.25, -0.2) is 4.57 Å². The molecule has 0 radical (unpaired) electrons. The second-order valence-corrected chi connectivity index (χ2v) is 4.56. The van der Waals surface area contributed by atoms with Gasteiger partial charge in [-0.15, -0.1) is 0 Å². The van der Waals surface area contributed by atoms with Crippen LogP contribution in [0.25, 0.3) is 0 Å². The fraction of sp³-hybridized carbons (Fsp3) is 0.857. The van der Waals surface area contributed by atoms with Crippen LogP contribution in [0.4, 0.5) is 0 Å². The fourth-order valence-corrected chi connectivity index (χ4v) is 1.57. The quantitative estimate of drug-likeness (QED) is 0.547. The lowest BCUT2D eigenvalue weighted by atomic mass is 9.97. The van der Waals surface area contributed by atoms with Crippen LogP contribution in [0.5, 0.6) is 0 Å². The van der Waals surface area contributed by atoms with Gasteiger partial charge < -0.3 is 5.11 Å². The van der Waals surface area contributed by atoms with E-state index in [1.165, 1.54) is 0 Å². The molecular weight excluding hydrogens is 211 g/mol. The molecule has 0 saturated carbocycles. The van der Waals surface area contributed by atoms with Gasteiger partial charge in [0.2, 0.25) is 0 Å². The van der Waals surface area contributed by atoms with Crippen molar-refractivity contribution in [1.82, 2.24) is 0 Å². The molecule has 0 aliphatic heterocycles. The van der Waals surface area contributed by atoms with Crippen LogP contribution in [0.1, 0.15) is 13.8 Å². The second kappa shape index (κ2) is 6.49. The van der Waals surface area contributed by atoms with E-state index in [9.17, 15) is 9.36 Å². The zero-order valence-electron chi connectivity index (χ0n) is 7.65. The van der Waals surface area contributed by atoms with E-state index in [4.69, 9.17) is 5.11 Å². The van der Waals surface area contributed by atoms with Gasteiger partial charge >= 0.3 is 8.69 Å². The third kappa shape index (κ3) is 5.37. The number of aliphatic hydroxyl groups excluding tert-OH is 1. The molecule has 13 heavy (non-hydrogen) atoms. The van der Waals surface area contributed by atoms with Gasteiger partial charge in [0.1, 0.15) is 0 Å². The van der Waals surface area contributed by atoms with Crippen LogP contribution < -0.4 is 0 Å². The molecule has 0 aliphatic carbocycles. The first-order valence-electron chi connectivity index (χ1n) is 3.77. The number of rotatable bonds is 6. The van der Waals surface area contributed by atoms with E-state index in [0.29, 0.717) is 5.75 Å². The summed E-state index contributed by atoms with van der Waals surface area (Å²) in [6.07, 6.45) is 0. The summed E-state index contributed by atoms with van der Waals surface area (Å²) in [5, 5.41) is 8.77. The number of hydrogen-bond donors (Lipinski definition) is 1. The lowest BCUT2D eigenvalue weighted by molar-refractivity contribution is -0.119. The van der Waals surface area contributed by atoms with Crippen molar-refractivity contribution in [3.63, 3.8) is 0 Å². The van der Waals surface area contributed by atoms with Crippen molar-refractivity contribution in [3.8, 4) is 0 Å². The van der Waals surface area contributed by atoms with E-state index in [1.54, 1.807) is 13.8 Å². The fourth-order valence-electron chi connectivity index (χ4n) is 0.469. The maximum absolute atomic E-state index is 11.3. The Bertz CT molecular complexity index is 183. The van der Waals surface area contributed by atoms with Crippen molar-refractivity contribution in [3.05, 3.63) is 0 Å². The molecule has 0 spiro atoms. The van der Waals surface area contributed by atoms with Crippen LogP contribution in [0, 0.1) is 5.41 Å². The minimum absolute atomic E-state index is 0.0823. The smallest absolute Gasteiger partial charge is 0.327 e. The van der Waals surface area contributed by atoms with Crippen LogP contribution in [0.3, 0.4) is 0 Å². The summed E-state index contributed by atoms with van der Waals surface area (Å²) in [5.74, 6) is 0.456. The molecule has 76 valence electrons. The van der Waals surface area contributed by atoms with Crippen molar-refractivity contribution >= 4 is 25.6 Å². The van der Waals surface area contributed by atoms with E-state index in [-0.39, 0.29) is 27.0 Å². The zero-order valence-corrected chi connectivity index (χ0v) is 9.36. The summed E-state index contributed by atoms with van der Waals surface area (Å²) < 4.78 is 14.4. The Morgan fingerprint density at radius 3 is 2.69 bits per heavy atom. The Morgan fingerprint density at radius 2 is 2.23 bits per heavy atom. The molecular formula is C7H13O4PS. The monoisotopic (exact) mass is 224 g/mol. The standard InChI is InChI=1S/C7H13O4PS/c1-7(2,5-8)6(9)13-4-3-11-12-10/h8H,3-5H2,1-2H3. The minimum Gasteiger partial charge on any atom is -0.395 e. The average Bonchev–Trinajstić information content (AvgIpc) is 2.12. The average molecular weight is 224 g/mol. The first-order chi connectivity index (χ1) is 6.04. The first-order valence-corrected chi connectivity index (χ1v) is 5.49. The molecule has 0 aromatic carbocycles. The summed E-state index contributed by atoms with van der Waals surface area (Å²) in [6.45, 7) is 3.45. The molecule has 0 unspecified atom stereocenters. The maximum Gasteiger partial charge on any atom is 0.327 e. The van der Waals surface area contributed by atoms with Crippen LogP contribution in [0.2, 0.25) is 0 Å². The van der Waals surface area contributed by atoms with E-state index >= 15 is 0 Å². The number of hydrogen-bond acceptors (Lipinski definition) is 5. The minimum atomic E-state index is -0.708. The summed E-state index contributed by atoms with van der Waals surface area (Å²) in [4.78, 5) is 11.3. The Morgan fingerprint density at radius 1 is 1.62 bits per heavy atom. The summed E-state index contributed by atoms with van der Waals surface area (Å²) >= 11 is 1.08. The predicted molar refractivity (Wildman–Crippen MR) is 51.9 cm³/mol. The normalized spacial score (nSPS) is 11.9. The molecule has 0 aromatic rings. The van der Waals surface area contributed by atoms with Crippen molar-refractivity contribution in [2.75, 3.05) is 19.0 Å². The van der Waals surface area contributed by atoms with E-state index in [1.807, 2.05) is 0 Å². The molecule has 0 bridgehead atoms. The molecule has 0 aromatic heterocycles. The Kier molecular flexibility index (Phi) is 6.51. The number of thioether (sulfide) groups is 1. The van der Waals surface area contributed by atoms with Crippen molar-refractivity contribution in [2.24, 2.45) is 5.41 Å². The van der Waals surface area contributed by atoms with Gasteiger partial charge in [-0.05, 0) is 13.8 Å². The van der Waals surface area contributed by atoms with Gasteiger partial charge in [0.15, 0.2) is 5.12 Å². The Balaban J connectivity index is 3.68. The highest BCUT2D eigenvalue weighted by Crippen LogP contribution is 2.23. The molecule has 1 N–H and O–H groups in total. The lowest BCUT2D eigenvalue weighted by Crippen LogP contribution is -2.26. The van der Waals surface area contributed by atoms with Crippen LogP contribution in [0.15, 0.2) is 0 Å². The van der Waals surface area contributed by atoms with E-state index in [0.717, 1.165) is 11.8 Å².